The number of fused-ring (bicyclic) bond motifs is 4. The van der Waals surface area contributed by atoms with E-state index in [4.69, 9.17) is 63.7 Å². The van der Waals surface area contributed by atoms with E-state index in [1.807, 2.05) is 208 Å². The van der Waals surface area contributed by atoms with Crippen LogP contribution in [0.1, 0.15) is 25.1 Å². The Morgan fingerprint density at radius 3 is 0.835 bits per heavy atom. The molecule has 115 heavy (non-hydrogen) atoms. The minimum Gasteiger partial charge on any atom is -1.00 e. The third-order valence-electron chi connectivity index (χ3n) is 15.5. The van der Waals surface area contributed by atoms with Gasteiger partial charge in [-0.3, -0.25) is 4.79 Å². The second kappa shape index (κ2) is 46.7. The molecule has 0 bridgehead atoms. The number of nitrogen functional groups attached to an aromatic ring is 2. The van der Waals surface area contributed by atoms with Crippen molar-refractivity contribution in [2.45, 2.75) is 26.2 Å². The van der Waals surface area contributed by atoms with Crippen molar-refractivity contribution in [3.63, 3.8) is 0 Å². The monoisotopic (exact) mass is 1650 g/mol. The van der Waals surface area contributed by atoms with E-state index < -0.39 is 23.5 Å². The molecule has 16 aromatic rings. The van der Waals surface area contributed by atoms with Crippen LogP contribution in [0.2, 0.25) is 10.3 Å². The van der Waals surface area contributed by atoms with Gasteiger partial charge in [-0.15, -0.1) is 0 Å². The molecule has 0 radical (unpaired) electrons. The van der Waals surface area contributed by atoms with Gasteiger partial charge in [-0.25, -0.2) is 39.9 Å². The van der Waals surface area contributed by atoms with Crippen LogP contribution in [0.5, 0.6) is 46.0 Å². The number of benzene rings is 12. The second-order valence-corrected chi connectivity index (χ2v) is 24.3. The van der Waals surface area contributed by atoms with Gasteiger partial charge in [0.05, 0.1) is 33.2 Å². The van der Waals surface area contributed by atoms with E-state index in [0.29, 0.717) is 44.9 Å². The zero-order valence-electron chi connectivity index (χ0n) is 64.2. The Morgan fingerprint density at radius 2 is 0.574 bits per heavy atom. The maximum absolute atomic E-state index is 12.6. The normalized spacial score (nSPS) is 10.3. The standard InChI is InChI=1S/2C21H14F3N3O.2C13H13NO.2C8H5ClN2.CH2O3.2K.Na.2H/c2*22-21(23,24)14-5-9-16(10-6-14)28-17-11-7-15(8-12-17)27-20-18-3-1-2-4-19(18)25-13-26-20;2*1-10-2-6-12(7-3-10)15-13-8-4-11(14)5-9-13;2*9-8-6-3-1-2-4-7(6)10-5-11-8;2-1-4-3;;;;;/h2*1-13H,(H,25,26,27);2*2-9H,14H2,1H3;2*1-5H;1,3H;;;;;/q;;;;;;;3*+1;2*-1/p-1. The Hall–Kier alpha value is -9.74. The van der Waals surface area contributed by atoms with Crippen LogP contribution in [0.3, 0.4) is 0 Å². The Morgan fingerprint density at radius 1 is 0.348 bits per heavy atom. The number of hydrogen-bond donors (Lipinski definition) is 4. The molecule has 0 saturated heterocycles. The number of nitrogens with zero attached hydrogens (tertiary/aromatic N) is 8. The molecule has 0 unspecified atom stereocenters. The summed E-state index contributed by atoms with van der Waals surface area (Å²) in [7, 11) is 0. The summed E-state index contributed by atoms with van der Waals surface area (Å²) in [4.78, 5) is 44.1. The van der Waals surface area contributed by atoms with E-state index >= 15 is 0 Å². The van der Waals surface area contributed by atoms with Gasteiger partial charge in [-0.1, -0.05) is 107 Å². The molecule has 19 nitrogen and oxygen atoms in total. The van der Waals surface area contributed by atoms with Crippen molar-refractivity contribution in [2.75, 3.05) is 22.1 Å². The maximum atomic E-state index is 12.6. The number of ether oxygens (including phenoxy) is 4. The molecule has 4 aromatic heterocycles. The van der Waals surface area contributed by atoms with Crippen molar-refractivity contribution < 1.29 is 195 Å². The van der Waals surface area contributed by atoms with E-state index in [2.05, 4.69) is 55.4 Å². The number of para-hydroxylation sites is 4. The first-order chi connectivity index (χ1) is 54.1. The van der Waals surface area contributed by atoms with Crippen LogP contribution in [0.15, 0.2) is 316 Å². The number of rotatable bonds is 13. The number of carbonyl (C=O) groups is 1. The van der Waals surface area contributed by atoms with Gasteiger partial charge in [0.2, 0.25) is 0 Å². The molecular formula is C85H67Cl2F6K2N12NaO7. The van der Waals surface area contributed by atoms with Crippen molar-refractivity contribution in [2.24, 2.45) is 0 Å². The molecule has 0 aliphatic rings. The van der Waals surface area contributed by atoms with Gasteiger partial charge in [0.25, 0.3) is 6.47 Å². The summed E-state index contributed by atoms with van der Waals surface area (Å²) in [6.45, 7) is 3.92. The average Bonchev–Trinajstić information content (AvgIpc) is 0.814. The summed E-state index contributed by atoms with van der Waals surface area (Å²) in [5.41, 5.74) is 18.7. The molecule has 568 valence electrons. The van der Waals surface area contributed by atoms with E-state index in [1.54, 1.807) is 48.5 Å². The first-order valence-corrected chi connectivity index (χ1v) is 34.4. The summed E-state index contributed by atoms with van der Waals surface area (Å²) >= 11 is 11.6. The van der Waals surface area contributed by atoms with Crippen LogP contribution in [-0.2, 0) is 22.0 Å². The summed E-state index contributed by atoms with van der Waals surface area (Å²) in [5, 5.41) is 19.5. The Bertz CT molecular complexity index is 5230. The summed E-state index contributed by atoms with van der Waals surface area (Å²) in [5.74, 6) is 6.32. The Kier molecular flexibility index (Phi) is 37.6. The van der Waals surface area contributed by atoms with Crippen LogP contribution in [0, 0.1) is 13.8 Å². The van der Waals surface area contributed by atoms with E-state index in [1.165, 1.54) is 60.7 Å². The van der Waals surface area contributed by atoms with Crippen LogP contribution < -0.4 is 179 Å². The smallest absolute Gasteiger partial charge is 1.00 e. The number of aromatic nitrogens is 8. The zero-order valence-corrected chi connectivity index (χ0v) is 72.0. The number of hydrogen-bond acceptors (Lipinski definition) is 19. The fourth-order valence-corrected chi connectivity index (χ4v) is 10.3. The molecule has 12 aromatic carbocycles. The van der Waals surface area contributed by atoms with Crippen LogP contribution in [-0.4, -0.2) is 46.3 Å². The molecule has 30 heteroatoms. The van der Waals surface area contributed by atoms with Crippen molar-refractivity contribution in [3.05, 3.63) is 349 Å². The molecule has 16 rings (SSSR count). The number of carbonyl (C=O) groups excluding carboxylic acids is 1. The molecule has 0 saturated carbocycles. The minimum atomic E-state index is -4.36. The summed E-state index contributed by atoms with van der Waals surface area (Å²) in [6.07, 6.45) is -2.82. The van der Waals surface area contributed by atoms with E-state index in [9.17, 15) is 26.3 Å². The van der Waals surface area contributed by atoms with E-state index in [0.717, 1.165) is 114 Å². The molecule has 0 spiro atoms. The van der Waals surface area contributed by atoms with E-state index in [-0.39, 0.29) is 142 Å². The van der Waals surface area contributed by atoms with Crippen molar-refractivity contribution in [1.29, 1.82) is 0 Å². The van der Waals surface area contributed by atoms with Gasteiger partial charge < -0.3 is 54.0 Å². The van der Waals surface area contributed by atoms with Gasteiger partial charge in [0.1, 0.15) is 93.2 Å². The van der Waals surface area contributed by atoms with Crippen molar-refractivity contribution in [3.8, 4) is 46.0 Å². The number of anilines is 6. The van der Waals surface area contributed by atoms with Crippen LogP contribution >= 0.6 is 23.2 Å². The topological polar surface area (TPSA) is 265 Å². The Balaban J connectivity index is 0.000000255. The van der Waals surface area contributed by atoms with Crippen LogP contribution in [0.4, 0.5) is 60.7 Å². The molecule has 0 fully saturated rings. The molecule has 0 aliphatic heterocycles. The number of aryl methyl sites for hydroxylation is 2. The van der Waals surface area contributed by atoms with Gasteiger partial charge in [-0.05, 0) is 232 Å². The minimum absolute atomic E-state index is 0. The third-order valence-corrected chi connectivity index (χ3v) is 16.1. The van der Waals surface area contributed by atoms with Crippen molar-refractivity contribution in [1.82, 2.24) is 39.9 Å². The van der Waals surface area contributed by atoms with Gasteiger partial charge >= 0.3 is 145 Å². The molecule has 4 heterocycles. The molecule has 0 aliphatic carbocycles. The van der Waals surface area contributed by atoms with Crippen LogP contribution in [0.25, 0.3) is 43.6 Å². The SMILES string of the molecule is Cc1ccc(Oc2ccc(N)cc2)cc1.Cc1ccc(Oc2ccc(N)cc2)cc1.Clc1ncnc2ccccc12.Clc1ncnc2ccccc12.FC(F)(F)c1ccc(Oc2ccc(Nc3ncnc4ccccc34)cc2)cc1.FC(F)(F)c1ccc(Oc2ccc(Nc3ncnc4ccccc34)cc2)cc1.O=CO[O-].[H-].[H-].[K+].[K+].[Na+]. The molecule has 0 atom stereocenters. The predicted molar refractivity (Wildman–Crippen MR) is 424 cm³/mol. The predicted octanol–water partition coefficient (Wildman–Crippen LogP) is 13.3. The maximum Gasteiger partial charge on any atom is 1.00 e. The first-order valence-electron chi connectivity index (χ1n) is 33.6. The first kappa shape index (κ1) is 92.4. The fourth-order valence-electron chi connectivity index (χ4n) is 9.89. The quantitative estimate of drug-likeness (QED) is 0.0159. The van der Waals surface area contributed by atoms with Gasteiger partial charge in [0, 0.05) is 44.3 Å². The van der Waals surface area contributed by atoms with Gasteiger partial charge in [-0.2, -0.15) is 26.3 Å². The Labute approximate surface area is 776 Å². The largest absolute Gasteiger partial charge is 1.00 e. The number of nitrogens with two attached hydrogens (primary N) is 2. The fraction of sp³-hybridized carbons (Fsp3) is 0.0471. The summed E-state index contributed by atoms with van der Waals surface area (Å²) < 4.78 is 98.1. The van der Waals surface area contributed by atoms with Gasteiger partial charge in [0.15, 0.2) is 0 Å². The second-order valence-electron chi connectivity index (χ2n) is 23.6. The number of nitrogens with one attached hydrogen (secondary N) is 2. The average molecular weight is 1650 g/mol. The molecular weight excluding hydrogens is 1590 g/mol. The zero-order chi connectivity index (χ0) is 79.2. The molecule has 6 N–H and O–H groups in total. The summed E-state index contributed by atoms with van der Waals surface area (Å²) in [6, 6.07) is 84.5. The number of alkyl halides is 6. The third kappa shape index (κ3) is 29.8. The number of halogens is 8. The van der Waals surface area contributed by atoms with Crippen molar-refractivity contribution >= 4 is 108 Å². The molecule has 0 amide bonds.